The monoisotopic (exact) mass is 385 g/mol. The Kier molecular flexibility index (Phi) is 6.53. The second kappa shape index (κ2) is 7.49. The van der Waals surface area contributed by atoms with E-state index in [0.717, 1.165) is 12.5 Å². The van der Waals surface area contributed by atoms with Crippen molar-refractivity contribution < 1.29 is 18.0 Å². The lowest BCUT2D eigenvalue weighted by Gasteiger charge is -2.14. The molecule has 1 aromatic rings. The quantitative estimate of drug-likeness (QED) is 0.720. The zero-order chi connectivity index (χ0) is 16.2. The number of nitrogens with one attached hydrogen (secondary N) is 1. The highest BCUT2D eigenvalue weighted by atomic mass is 79.9. The number of halogens is 5. The summed E-state index contributed by atoms with van der Waals surface area (Å²) in [6, 6.07) is 3.37. The Hall–Kier alpha value is -0.750. The zero-order valence-corrected chi connectivity index (χ0v) is 13.9. The van der Waals surface area contributed by atoms with Crippen LogP contribution in [0.1, 0.15) is 36.2 Å². The molecule has 0 heterocycles. The van der Waals surface area contributed by atoms with E-state index in [1.54, 1.807) is 0 Å². The van der Waals surface area contributed by atoms with Crippen molar-refractivity contribution in [2.75, 3.05) is 6.54 Å². The van der Waals surface area contributed by atoms with Crippen LogP contribution in [0.15, 0.2) is 22.7 Å². The summed E-state index contributed by atoms with van der Waals surface area (Å²) < 4.78 is 38.2. The van der Waals surface area contributed by atoms with Crippen molar-refractivity contribution in [3.05, 3.63) is 33.8 Å². The fourth-order valence-corrected chi connectivity index (χ4v) is 2.69. The average Bonchev–Trinajstić information content (AvgIpc) is 2.34. The fraction of sp³-hybridized carbons (Fsp3) is 0.500. The topological polar surface area (TPSA) is 29.1 Å². The highest BCUT2D eigenvalue weighted by molar-refractivity contribution is 9.10. The van der Waals surface area contributed by atoms with Gasteiger partial charge < -0.3 is 5.32 Å². The Morgan fingerprint density at radius 2 is 2.00 bits per heavy atom. The molecule has 1 N–H and O–H groups in total. The number of alkyl halides is 4. The van der Waals surface area contributed by atoms with Gasteiger partial charge in [0, 0.05) is 16.6 Å². The molecule has 0 aliphatic heterocycles. The minimum atomic E-state index is -4.51. The van der Waals surface area contributed by atoms with Gasteiger partial charge in [0.1, 0.15) is 0 Å². The number of amides is 1. The molecule has 0 saturated heterocycles. The van der Waals surface area contributed by atoms with E-state index in [0.29, 0.717) is 5.92 Å². The van der Waals surface area contributed by atoms with Crippen molar-refractivity contribution in [2.24, 2.45) is 5.92 Å². The number of carbonyl (C=O) groups excluding carboxylic acids is 1. The summed E-state index contributed by atoms with van der Waals surface area (Å²) in [4.78, 5) is 11.9. The molecule has 1 aromatic carbocycles. The summed E-state index contributed by atoms with van der Waals surface area (Å²) in [5, 5.41) is 2.30. The molecule has 1 atom stereocenters. The first-order valence-corrected chi connectivity index (χ1v) is 7.63. The van der Waals surface area contributed by atoms with Gasteiger partial charge in [0.05, 0.1) is 10.9 Å². The van der Waals surface area contributed by atoms with E-state index in [9.17, 15) is 18.0 Å². The Balaban J connectivity index is 2.75. The molecule has 0 radical (unpaired) electrons. The summed E-state index contributed by atoms with van der Waals surface area (Å²) in [6.07, 6.45) is -3.79. The van der Waals surface area contributed by atoms with Crippen molar-refractivity contribution in [3.8, 4) is 0 Å². The van der Waals surface area contributed by atoms with E-state index in [4.69, 9.17) is 11.6 Å². The third-order valence-corrected chi connectivity index (χ3v) is 3.77. The van der Waals surface area contributed by atoms with Gasteiger partial charge in [-0.2, -0.15) is 13.2 Å². The largest absolute Gasteiger partial charge is 0.417 e. The SMILES string of the molecule is CC(C)CC(Cl)CNC(=O)c1ccc(Br)c(C(F)(F)F)c1. The Bertz CT molecular complexity index is 505. The maximum atomic E-state index is 12.8. The zero-order valence-electron chi connectivity index (χ0n) is 11.6. The summed E-state index contributed by atoms with van der Waals surface area (Å²) in [7, 11) is 0. The summed E-state index contributed by atoms with van der Waals surface area (Å²) in [5.74, 6) is -0.184. The molecule has 0 spiro atoms. The smallest absolute Gasteiger partial charge is 0.351 e. The molecule has 0 aliphatic rings. The highest BCUT2D eigenvalue weighted by Gasteiger charge is 2.33. The second-order valence-corrected chi connectivity index (χ2v) is 6.60. The molecule has 1 rings (SSSR count). The highest BCUT2D eigenvalue weighted by Crippen LogP contribution is 2.35. The van der Waals surface area contributed by atoms with Crippen LogP contribution in [0, 0.1) is 5.92 Å². The molecule has 0 aromatic heterocycles. The minimum Gasteiger partial charge on any atom is -0.351 e. The van der Waals surface area contributed by atoms with Crippen molar-refractivity contribution in [2.45, 2.75) is 31.8 Å². The van der Waals surface area contributed by atoms with Crippen LogP contribution in [0.5, 0.6) is 0 Å². The van der Waals surface area contributed by atoms with E-state index >= 15 is 0 Å². The second-order valence-electron chi connectivity index (χ2n) is 5.13. The van der Waals surface area contributed by atoms with Gasteiger partial charge in [0.25, 0.3) is 5.91 Å². The lowest BCUT2D eigenvalue weighted by molar-refractivity contribution is -0.138. The molecular weight excluding hydrogens is 371 g/mol. The number of rotatable bonds is 5. The summed E-state index contributed by atoms with van der Waals surface area (Å²) in [5.41, 5.74) is -0.918. The van der Waals surface area contributed by atoms with Gasteiger partial charge in [-0.3, -0.25) is 4.79 Å². The molecule has 2 nitrogen and oxygen atoms in total. The minimum absolute atomic E-state index is 0.0426. The molecule has 118 valence electrons. The number of hydrogen-bond acceptors (Lipinski definition) is 1. The van der Waals surface area contributed by atoms with Crippen LogP contribution in [-0.4, -0.2) is 17.8 Å². The van der Waals surface area contributed by atoms with Gasteiger partial charge in [-0.15, -0.1) is 11.6 Å². The first kappa shape index (κ1) is 18.3. The van der Waals surface area contributed by atoms with Gasteiger partial charge >= 0.3 is 6.18 Å². The molecular formula is C14H16BrClF3NO. The van der Waals surface area contributed by atoms with Crippen LogP contribution in [0.2, 0.25) is 0 Å². The van der Waals surface area contributed by atoms with Crippen molar-refractivity contribution >= 4 is 33.4 Å². The fourth-order valence-electron chi connectivity index (χ4n) is 1.78. The molecule has 0 fully saturated rings. The molecule has 0 saturated carbocycles. The first-order valence-electron chi connectivity index (χ1n) is 6.40. The summed E-state index contributed by atoms with van der Waals surface area (Å²) in [6.45, 7) is 4.22. The van der Waals surface area contributed by atoms with Crippen molar-refractivity contribution in [3.63, 3.8) is 0 Å². The number of carbonyl (C=O) groups is 1. The number of hydrogen-bond donors (Lipinski definition) is 1. The standard InChI is InChI=1S/C14H16BrClF3NO/c1-8(2)5-10(16)7-20-13(21)9-3-4-12(15)11(6-9)14(17,18)19/h3-4,6,8,10H,5,7H2,1-2H3,(H,20,21). The van der Waals surface area contributed by atoms with E-state index < -0.39 is 17.6 Å². The van der Waals surface area contributed by atoms with Gasteiger partial charge in [0.15, 0.2) is 0 Å². The predicted molar refractivity (Wildman–Crippen MR) is 80.6 cm³/mol. The van der Waals surface area contributed by atoms with E-state index in [-0.39, 0.29) is 22.0 Å². The molecule has 21 heavy (non-hydrogen) atoms. The van der Waals surface area contributed by atoms with Crippen molar-refractivity contribution in [1.29, 1.82) is 0 Å². The predicted octanol–water partition coefficient (Wildman–Crippen LogP) is 4.85. The maximum absolute atomic E-state index is 12.8. The normalized spacial score (nSPS) is 13.3. The third kappa shape index (κ3) is 5.87. The van der Waals surface area contributed by atoms with Gasteiger partial charge in [-0.1, -0.05) is 29.8 Å². The Labute approximate surface area is 135 Å². The van der Waals surface area contributed by atoms with Crippen LogP contribution >= 0.6 is 27.5 Å². The van der Waals surface area contributed by atoms with Crippen LogP contribution in [-0.2, 0) is 6.18 Å². The van der Waals surface area contributed by atoms with E-state index in [2.05, 4.69) is 21.2 Å². The maximum Gasteiger partial charge on any atom is 0.417 e. The van der Waals surface area contributed by atoms with Crippen LogP contribution in [0.25, 0.3) is 0 Å². The van der Waals surface area contributed by atoms with Crippen LogP contribution < -0.4 is 5.32 Å². The first-order chi connectivity index (χ1) is 9.61. The Morgan fingerprint density at radius 1 is 1.38 bits per heavy atom. The molecule has 1 amide bonds. The van der Waals surface area contributed by atoms with E-state index in [1.807, 2.05) is 13.8 Å². The van der Waals surface area contributed by atoms with Gasteiger partial charge in [0.2, 0.25) is 0 Å². The Morgan fingerprint density at radius 3 is 2.52 bits per heavy atom. The van der Waals surface area contributed by atoms with Crippen LogP contribution in [0.3, 0.4) is 0 Å². The lowest BCUT2D eigenvalue weighted by Crippen LogP contribution is -2.30. The molecule has 0 aliphatic carbocycles. The molecule has 7 heteroatoms. The third-order valence-electron chi connectivity index (χ3n) is 2.75. The van der Waals surface area contributed by atoms with E-state index in [1.165, 1.54) is 12.1 Å². The summed E-state index contributed by atoms with van der Waals surface area (Å²) >= 11 is 8.87. The average molecular weight is 387 g/mol. The number of benzene rings is 1. The van der Waals surface area contributed by atoms with Crippen molar-refractivity contribution in [1.82, 2.24) is 5.32 Å². The molecule has 1 unspecified atom stereocenters. The van der Waals surface area contributed by atoms with Gasteiger partial charge in [-0.25, -0.2) is 0 Å². The van der Waals surface area contributed by atoms with Gasteiger partial charge in [-0.05, 0) is 30.5 Å². The molecule has 0 bridgehead atoms. The lowest BCUT2D eigenvalue weighted by atomic mass is 10.1. The van der Waals surface area contributed by atoms with Crippen LogP contribution in [0.4, 0.5) is 13.2 Å².